The van der Waals surface area contributed by atoms with E-state index in [1.165, 1.54) is 0 Å². The molecule has 1 saturated heterocycles. The van der Waals surface area contributed by atoms with E-state index in [-0.39, 0.29) is 5.91 Å². The lowest BCUT2D eigenvalue weighted by molar-refractivity contribution is -0.140. The van der Waals surface area contributed by atoms with Gasteiger partial charge in [0.25, 0.3) is 0 Å². The molecule has 1 fully saturated rings. The SMILES string of the molecule is CCc1ncc(P)c(Nc2n[nH]c3c2CN(C(=O)C2(P)CCN(C)CC2)C3(C)C)n1. The van der Waals surface area contributed by atoms with E-state index in [9.17, 15) is 4.79 Å². The van der Waals surface area contributed by atoms with Crippen molar-refractivity contribution in [3.05, 3.63) is 23.3 Å². The number of H-pyrrole nitrogens is 1. The van der Waals surface area contributed by atoms with E-state index in [0.717, 1.165) is 66.4 Å². The Bertz CT molecular complexity index is 966. The van der Waals surface area contributed by atoms with Crippen molar-refractivity contribution in [1.82, 2.24) is 30.0 Å². The minimum atomic E-state index is -0.448. The highest BCUT2D eigenvalue weighted by Crippen LogP contribution is 2.44. The number of aryl methyl sites for hydroxylation is 1. The van der Waals surface area contributed by atoms with Gasteiger partial charge < -0.3 is 15.1 Å². The summed E-state index contributed by atoms with van der Waals surface area (Å²) in [5.41, 5.74) is 1.56. The minimum absolute atomic E-state index is 0.197. The van der Waals surface area contributed by atoms with Crippen LogP contribution in [0.15, 0.2) is 6.20 Å². The molecular weight excluding hydrogens is 416 g/mol. The van der Waals surface area contributed by atoms with Crippen molar-refractivity contribution in [1.29, 1.82) is 0 Å². The van der Waals surface area contributed by atoms with Crippen LogP contribution in [0.25, 0.3) is 0 Å². The lowest BCUT2D eigenvalue weighted by Crippen LogP contribution is -2.53. The van der Waals surface area contributed by atoms with Crippen LogP contribution in [0.5, 0.6) is 0 Å². The summed E-state index contributed by atoms with van der Waals surface area (Å²) in [6.45, 7) is 8.61. The van der Waals surface area contributed by atoms with Crippen LogP contribution in [-0.2, 0) is 23.3 Å². The van der Waals surface area contributed by atoms with Gasteiger partial charge in [-0.2, -0.15) is 5.10 Å². The quantitative estimate of drug-likeness (QED) is 0.697. The number of fused-ring (bicyclic) bond motifs is 1. The number of likely N-dealkylation sites (tertiary alicyclic amines) is 1. The Kier molecular flexibility index (Phi) is 5.63. The molecule has 2 aromatic heterocycles. The first-order valence-corrected chi connectivity index (χ1v) is 11.6. The monoisotopic (exact) mass is 447 g/mol. The van der Waals surface area contributed by atoms with Crippen molar-refractivity contribution >= 4 is 41.3 Å². The van der Waals surface area contributed by atoms with Crippen molar-refractivity contribution in [2.75, 3.05) is 25.5 Å². The summed E-state index contributed by atoms with van der Waals surface area (Å²) in [6.07, 6.45) is 4.27. The van der Waals surface area contributed by atoms with Gasteiger partial charge in [-0.15, -0.1) is 9.24 Å². The first-order chi connectivity index (χ1) is 14.2. The van der Waals surface area contributed by atoms with Gasteiger partial charge in [-0.25, -0.2) is 9.97 Å². The van der Waals surface area contributed by atoms with Crippen LogP contribution in [0, 0.1) is 0 Å². The van der Waals surface area contributed by atoms with Crippen molar-refractivity contribution in [3.63, 3.8) is 0 Å². The molecule has 2 aromatic rings. The normalized spacial score (nSPS) is 20.3. The zero-order valence-electron chi connectivity index (χ0n) is 18.1. The van der Waals surface area contributed by atoms with Gasteiger partial charge in [0, 0.05) is 23.5 Å². The zero-order valence-corrected chi connectivity index (χ0v) is 20.4. The standard InChI is InChI=1S/C20H31N7OP2/c1-5-14-21-10-13(29)17(22-14)23-16-12-11-27(19(2,3)15(12)24-25-16)18(28)20(30)6-8-26(4)9-7-20/h10H,5-9,11,29-30H2,1-4H3,(H2,21,22,23,24,25). The van der Waals surface area contributed by atoms with E-state index in [1.54, 1.807) is 6.20 Å². The number of aromatic nitrogens is 4. The van der Waals surface area contributed by atoms with Crippen LogP contribution >= 0.6 is 18.5 Å². The summed E-state index contributed by atoms with van der Waals surface area (Å²) in [5, 5.41) is 11.5. The third-order valence-corrected chi connectivity index (χ3v) is 7.69. The number of piperidine rings is 1. The average Bonchev–Trinajstić information content (AvgIpc) is 3.23. The molecular formula is C20H31N7OP2. The Morgan fingerprint density at radius 1 is 1.30 bits per heavy atom. The Hall–Kier alpha value is -1.62. The molecule has 2 N–H and O–H groups in total. The predicted molar refractivity (Wildman–Crippen MR) is 125 cm³/mol. The maximum Gasteiger partial charge on any atom is 0.233 e. The first-order valence-electron chi connectivity index (χ1n) is 10.4. The molecule has 4 rings (SSSR count). The number of carbonyl (C=O) groups is 1. The molecule has 8 nitrogen and oxygen atoms in total. The minimum Gasteiger partial charge on any atom is -0.327 e. The summed E-state index contributed by atoms with van der Waals surface area (Å²) < 4.78 is 0. The lowest BCUT2D eigenvalue weighted by atomic mass is 9.92. The molecule has 162 valence electrons. The largest absolute Gasteiger partial charge is 0.327 e. The number of anilines is 2. The highest BCUT2D eigenvalue weighted by molar-refractivity contribution is 7.28. The first kappa shape index (κ1) is 21.6. The van der Waals surface area contributed by atoms with Gasteiger partial charge in [-0.05, 0) is 46.8 Å². The predicted octanol–water partition coefficient (Wildman–Crippen LogP) is 1.92. The second-order valence-corrected chi connectivity index (χ2v) is 10.6. The number of rotatable bonds is 4. The molecule has 0 bridgehead atoms. The van der Waals surface area contributed by atoms with Gasteiger partial charge in [0.15, 0.2) is 5.82 Å². The lowest BCUT2D eigenvalue weighted by Gasteiger charge is -2.42. The van der Waals surface area contributed by atoms with Gasteiger partial charge >= 0.3 is 0 Å². The zero-order chi connectivity index (χ0) is 21.7. The van der Waals surface area contributed by atoms with Gasteiger partial charge in [0.2, 0.25) is 5.91 Å². The van der Waals surface area contributed by atoms with Crippen molar-refractivity contribution in [2.24, 2.45) is 0 Å². The van der Waals surface area contributed by atoms with Crippen LogP contribution in [-0.4, -0.2) is 61.2 Å². The average molecular weight is 447 g/mol. The molecule has 1 amide bonds. The Morgan fingerprint density at radius 2 is 2.00 bits per heavy atom. The molecule has 0 saturated carbocycles. The number of carbonyl (C=O) groups excluding carboxylic acids is 1. The Labute approximate surface area is 182 Å². The molecule has 0 aromatic carbocycles. The molecule has 2 atom stereocenters. The molecule has 10 heteroatoms. The molecule has 2 aliphatic rings. The van der Waals surface area contributed by atoms with Crippen molar-refractivity contribution in [3.8, 4) is 0 Å². The molecule has 0 spiro atoms. The fourth-order valence-corrected chi connectivity index (χ4v) is 4.88. The summed E-state index contributed by atoms with van der Waals surface area (Å²) in [4.78, 5) is 26.8. The van der Waals surface area contributed by atoms with E-state index in [0.29, 0.717) is 6.54 Å². The molecule has 0 aliphatic carbocycles. The van der Waals surface area contributed by atoms with Crippen LogP contribution in [0.2, 0.25) is 0 Å². The highest BCUT2D eigenvalue weighted by atomic mass is 31.0. The molecule has 2 aliphatic heterocycles. The summed E-state index contributed by atoms with van der Waals surface area (Å²) in [7, 11) is 7.64. The van der Waals surface area contributed by atoms with Crippen molar-refractivity contribution < 1.29 is 4.79 Å². The maximum absolute atomic E-state index is 13.6. The number of aromatic amines is 1. The topological polar surface area (TPSA) is 90.0 Å². The second kappa shape index (κ2) is 7.81. The van der Waals surface area contributed by atoms with Gasteiger partial charge in [0.1, 0.15) is 11.6 Å². The van der Waals surface area contributed by atoms with Gasteiger partial charge in [-0.1, -0.05) is 16.2 Å². The molecule has 30 heavy (non-hydrogen) atoms. The maximum atomic E-state index is 13.6. The number of hydrogen-bond donors (Lipinski definition) is 2. The van der Waals surface area contributed by atoms with Crippen LogP contribution in [0.1, 0.15) is 50.7 Å². The van der Waals surface area contributed by atoms with Crippen LogP contribution in [0.3, 0.4) is 0 Å². The summed E-state index contributed by atoms with van der Waals surface area (Å²) in [6, 6.07) is 0. The summed E-state index contributed by atoms with van der Waals surface area (Å²) in [5.74, 6) is 2.42. The van der Waals surface area contributed by atoms with E-state index in [2.05, 4.69) is 69.8 Å². The van der Waals surface area contributed by atoms with Gasteiger partial charge in [0.05, 0.1) is 22.9 Å². The van der Waals surface area contributed by atoms with E-state index < -0.39 is 10.7 Å². The Balaban J connectivity index is 1.60. The van der Waals surface area contributed by atoms with E-state index in [1.807, 2.05) is 11.8 Å². The Morgan fingerprint density at radius 3 is 2.67 bits per heavy atom. The fourth-order valence-electron chi connectivity index (χ4n) is 4.26. The van der Waals surface area contributed by atoms with Gasteiger partial charge in [-0.3, -0.25) is 9.89 Å². The van der Waals surface area contributed by atoms with Crippen molar-refractivity contribution in [2.45, 2.75) is 57.3 Å². The number of nitrogens with one attached hydrogen (secondary N) is 2. The van der Waals surface area contributed by atoms with Crippen LogP contribution in [0.4, 0.5) is 11.6 Å². The van der Waals surface area contributed by atoms with E-state index >= 15 is 0 Å². The number of hydrogen-bond acceptors (Lipinski definition) is 6. The van der Waals surface area contributed by atoms with E-state index in [4.69, 9.17) is 0 Å². The second-order valence-electron chi connectivity index (χ2n) is 8.90. The third kappa shape index (κ3) is 3.63. The molecule has 4 heterocycles. The van der Waals surface area contributed by atoms with Crippen LogP contribution < -0.4 is 10.6 Å². The fraction of sp³-hybridized carbons (Fsp3) is 0.600. The number of nitrogens with zero attached hydrogens (tertiary/aromatic N) is 5. The summed E-state index contributed by atoms with van der Waals surface area (Å²) >= 11 is 0. The smallest absolute Gasteiger partial charge is 0.233 e. The number of amides is 1. The molecule has 2 unspecified atom stereocenters. The molecule has 0 radical (unpaired) electrons. The third-order valence-electron chi connectivity index (χ3n) is 6.44. The highest BCUT2D eigenvalue weighted by Gasteiger charge is 2.49.